The molecular formula is C12H19N3O4S2. The highest BCUT2D eigenvalue weighted by Gasteiger charge is 2.25. The molecule has 118 valence electrons. The van der Waals surface area contributed by atoms with E-state index in [1.807, 2.05) is 0 Å². The Labute approximate surface area is 124 Å². The van der Waals surface area contributed by atoms with Gasteiger partial charge in [0.1, 0.15) is 0 Å². The van der Waals surface area contributed by atoms with Crippen molar-refractivity contribution in [2.75, 3.05) is 0 Å². The molecule has 1 fully saturated rings. The number of sulfonamides is 2. The summed E-state index contributed by atoms with van der Waals surface area (Å²) in [5, 5.41) is 5.01. The predicted octanol–water partition coefficient (Wildman–Crippen LogP) is -0.118. The lowest BCUT2D eigenvalue weighted by atomic mass is 9.93. The van der Waals surface area contributed by atoms with E-state index in [0.717, 1.165) is 18.9 Å². The zero-order chi connectivity index (χ0) is 15.7. The average molecular weight is 333 g/mol. The van der Waals surface area contributed by atoms with Crippen LogP contribution in [0.15, 0.2) is 34.1 Å². The zero-order valence-electron chi connectivity index (χ0n) is 11.4. The van der Waals surface area contributed by atoms with Crippen molar-refractivity contribution < 1.29 is 16.8 Å². The van der Waals surface area contributed by atoms with Crippen LogP contribution in [0.1, 0.15) is 25.7 Å². The Hall–Kier alpha value is -1.00. The Morgan fingerprint density at radius 1 is 1.00 bits per heavy atom. The van der Waals surface area contributed by atoms with Crippen LogP contribution in [0, 0.1) is 0 Å². The van der Waals surface area contributed by atoms with Crippen LogP contribution in [-0.4, -0.2) is 28.9 Å². The molecule has 7 nitrogen and oxygen atoms in total. The maximum absolute atomic E-state index is 12.3. The van der Waals surface area contributed by atoms with Gasteiger partial charge in [0.25, 0.3) is 0 Å². The molecule has 0 radical (unpaired) electrons. The number of benzene rings is 1. The standard InChI is InChI=1S/C12H19N3O4S2/c13-9-4-6-10(7-5-9)15-21(18,19)12-3-1-2-11(8-12)20(14,16)17/h1-3,8-10,15H,4-7,13H2,(H2,14,16,17). The van der Waals surface area contributed by atoms with Gasteiger partial charge in [-0.1, -0.05) is 6.07 Å². The fraction of sp³-hybridized carbons (Fsp3) is 0.500. The van der Waals surface area contributed by atoms with Gasteiger partial charge in [-0.2, -0.15) is 0 Å². The third kappa shape index (κ3) is 4.24. The lowest BCUT2D eigenvalue weighted by molar-refractivity contribution is 0.373. The predicted molar refractivity (Wildman–Crippen MR) is 78.4 cm³/mol. The number of nitrogens with one attached hydrogen (secondary N) is 1. The third-order valence-corrected chi connectivity index (χ3v) is 5.97. The van der Waals surface area contributed by atoms with Gasteiger partial charge in [-0.25, -0.2) is 26.7 Å². The van der Waals surface area contributed by atoms with Crippen LogP contribution in [0.25, 0.3) is 0 Å². The third-order valence-electron chi connectivity index (χ3n) is 3.54. The molecule has 0 aromatic heterocycles. The molecule has 9 heteroatoms. The Kier molecular flexibility index (Phi) is 4.69. The van der Waals surface area contributed by atoms with Gasteiger partial charge < -0.3 is 5.73 Å². The van der Waals surface area contributed by atoms with E-state index in [0.29, 0.717) is 12.8 Å². The first kappa shape index (κ1) is 16.4. The Balaban J connectivity index is 2.20. The van der Waals surface area contributed by atoms with E-state index < -0.39 is 20.0 Å². The summed E-state index contributed by atoms with van der Waals surface area (Å²) in [5.74, 6) is 0. The highest BCUT2D eigenvalue weighted by atomic mass is 32.2. The molecule has 0 spiro atoms. The molecule has 2 rings (SSSR count). The largest absolute Gasteiger partial charge is 0.328 e. The average Bonchev–Trinajstić information content (AvgIpc) is 2.40. The Morgan fingerprint density at radius 3 is 2.14 bits per heavy atom. The molecule has 0 bridgehead atoms. The van der Waals surface area contributed by atoms with Crippen molar-refractivity contribution in [3.05, 3.63) is 24.3 Å². The molecule has 1 aliphatic rings. The van der Waals surface area contributed by atoms with Crippen molar-refractivity contribution in [1.29, 1.82) is 0 Å². The summed E-state index contributed by atoms with van der Waals surface area (Å²) in [4.78, 5) is -0.333. The fourth-order valence-corrected chi connectivity index (χ4v) is 4.33. The Morgan fingerprint density at radius 2 is 1.57 bits per heavy atom. The minimum absolute atomic E-state index is 0.108. The van der Waals surface area contributed by atoms with Crippen LogP contribution in [0.5, 0.6) is 0 Å². The van der Waals surface area contributed by atoms with Crippen molar-refractivity contribution in [1.82, 2.24) is 4.72 Å². The highest BCUT2D eigenvalue weighted by Crippen LogP contribution is 2.20. The Bertz CT molecular complexity index is 708. The molecule has 1 aromatic carbocycles. The summed E-state index contributed by atoms with van der Waals surface area (Å²) in [6.45, 7) is 0. The van der Waals surface area contributed by atoms with E-state index in [2.05, 4.69) is 4.72 Å². The minimum Gasteiger partial charge on any atom is -0.328 e. The lowest BCUT2D eigenvalue weighted by Crippen LogP contribution is -2.40. The fourth-order valence-electron chi connectivity index (χ4n) is 2.34. The molecule has 0 aliphatic heterocycles. The van der Waals surface area contributed by atoms with Crippen LogP contribution in [-0.2, 0) is 20.0 Å². The monoisotopic (exact) mass is 333 g/mol. The molecule has 1 aliphatic carbocycles. The van der Waals surface area contributed by atoms with E-state index in [4.69, 9.17) is 10.9 Å². The van der Waals surface area contributed by atoms with E-state index in [9.17, 15) is 16.8 Å². The van der Waals surface area contributed by atoms with Gasteiger partial charge in [0, 0.05) is 12.1 Å². The van der Waals surface area contributed by atoms with Gasteiger partial charge in [0.05, 0.1) is 9.79 Å². The van der Waals surface area contributed by atoms with Gasteiger partial charge in [-0.15, -0.1) is 0 Å². The second kappa shape index (κ2) is 6.01. The maximum Gasteiger partial charge on any atom is 0.240 e. The number of nitrogens with two attached hydrogens (primary N) is 2. The first-order valence-corrected chi connectivity index (χ1v) is 9.62. The summed E-state index contributed by atoms with van der Waals surface area (Å²) in [6.07, 6.45) is 2.89. The minimum atomic E-state index is -3.93. The summed E-state index contributed by atoms with van der Waals surface area (Å²) in [6, 6.07) is 4.96. The summed E-state index contributed by atoms with van der Waals surface area (Å²) in [5.41, 5.74) is 5.78. The van der Waals surface area contributed by atoms with Crippen LogP contribution in [0.4, 0.5) is 0 Å². The van der Waals surface area contributed by atoms with Crippen LogP contribution >= 0.6 is 0 Å². The van der Waals surface area contributed by atoms with E-state index >= 15 is 0 Å². The van der Waals surface area contributed by atoms with E-state index in [1.54, 1.807) is 0 Å². The maximum atomic E-state index is 12.3. The van der Waals surface area contributed by atoms with Crippen molar-refractivity contribution in [3.63, 3.8) is 0 Å². The SMILES string of the molecule is NC1CCC(NS(=O)(=O)c2cccc(S(N)(=O)=O)c2)CC1. The van der Waals surface area contributed by atoms with E-state index in [1.165, 1.54) is 18.2 Å². The lowest BCUT2D eigenvalue weighted by Gasteiger charge is -2.26. The van der Waals surface area contributed by atoms with E-state index in [-0.39, 0.29) is 21.9 Å². The zero-order valence-corrected chi connectivity index (χ0v) is 13.0. The molecule has 0 atom stereocenters. The van der Waals surface area contributed by atoms with Crippen LogP contribution in [0.2, 0.25) is 0 Å². The number of rotatable bonds is 4. The van der Waals surface area contributed by atoms with Crippen LogP contribution in [0.3, 0.4) is 0 Å². The second-order valence-electron chi connectivity index (χ2n) is 5.25. The number of hydrogen-bond donors (Lipinski definition) is 3. The van der Waals surface area contributed by atoms with Gasteiger partial charge in [-0.3, -0.25) is 0 Å². The van der Waals surface area contributed by atoms with Gasteiger partial charge in [-0.05, 0) is 43.9 Å². The molecule has 0 amide bonds. The smallest absolute Gasteiger partial charge is 0.240 e. The van der Waals surface area contributed by atoms with Gasteiger partial charge >= 0.3 is 0 Å². The van der Waals surface area contributed by atoms with Crippen LogP contribution < -0.4 is 15.6 Å². The molecule has 21 heavy (non-hydrogen) atoms. The topological polar surface area (TPSA) is 132 Å². The summed E-state index contributed by atoms with van der Waals surface area (Å²) in [7, 11) is -7.71. The first-order valence-electron chi connectivity index (χ1n) is 6.59. The second-order valence-corrected chi connectivity index (χ2v) is 8.53. The molecule has 1 aromatic rings. The normalized spacial score (nSPS) is 23.9. The molecule has 0 heterocycles. The number of hydrogen-bond acceptors (Lipinski definition) is 5. The van der Waals surface area contributed by atoms with Gasteiger partial charge in [0.15, 0.2) is 0 Å². The highest BCUT2D eigenvalue weighted by molar-refractivity contribution is 7.90. The summed E-state index contributed by atoms with van der Waals surface area (Å²) < 4.78 is 49.7. The van der Waals surface area contributed by atoms with Crippen molar-refractivity contribution in [2.24, 2.45) is 10.9 Å². The molecule has 5 N–H and O–H groups in total. The van der Waals surface area contributed by atoms with Gasteiger partial charge in [0.2, 0.25) is 20.0 Å². The van der Waals surface area contributed by atoms with Crippen molar-refractivity contribution in [3.8, 4) is 0 Å². The van der Waals surface area contributed by atoms with Crippen molar-refractivity contribution >= 4 is 20.0 Å². The molecule has 0 unspecified atom stereocenters. The van der Waals surface area contributed by atoms with Crippen molar-refractivity contribution in [2.45, 2.75) is 47.6 Å². The molecule has 0 saturated heterocycles. The summed E-state index contributed by atoms with van der Waals surface area (Å²) >= 11 is 0. The number of primary sulfonamides is 1. The quantitative estimate of drug-likeness (QED) is 0.707. The molecule has 1 saturated carbocycles. The molecular weight excluding hydrogens is 314 g/mol. The first-order chi connectivity index (χ1) is 9.68.